The van der Waals surface area contributed by atoms with Crippen LogP contribution >= 0.6 is 0 Å². The van der Waals surface area contributed by atoms with E-state index >= 15 is 0 Å². The van der Waals surface area contributed by atoms with Gasteiger partial charge in [0.05, 0.1) is 5.56 Å². The van der Waals surface area contributed by atoms with Crippen LogP contribution in [0.3, 0.4) is 0 Å². The van der Waals surface area contributed by atoms with E-state index in [0.717, 1.165) is 11.8 Å². The molecule has 1 aliphatic heterocycles. The van der Waals surface area contributed by atoms with Crippen molar-refractivity contribution in [1.82, 2.24) is 14.9 Å². The predicted octanol–water partition coefficient (Wildman–Crippen LogP) is 1.17. The van der Waals surface area contributed by atoms with Crippen molar-refractivity contribution in [1.29, 1.82) is 0 Å². The minimum Gasteiger partial charge on any atom is -0.451 e. The fourth-order valence-corrected chi connectivity index (χ4v) is 5.32. The largest absolute Gasteiger partial charge is 0.451 e. The quantitative estimate of drug-likeness (QED) is 0.613. The lowest BCUT2D eigenvalue weighted by Crippen LogP contribution is -2.36. The highest BCUT2D eigenvalue weighted by Gasteiger charge is 2.58. The first-order valence-electron chi connectivity index (χ1n) is 9.74. The van der Waals surface area contributed by atoms with Gasteiger partial charge in [-0.3, -0.25) is 9.59 Å². The molecule has 2 amide bonds. The number of hydrogen-bond donors (Lipinski definition) is 2. The van der Waals surface area contributed by atoms with Crippen LogP contribution in [0, 0.1) is 11.8 Å². The second kappa shape index (κ2) is 8.08. The standard InChI is InChI=1S/C21H23N3O5S/c1-2-18(25)23-20-16-11-24(12-17(16)20)30(27,28)19-10-15(13-29-19)21(26)22-9-8-14-6-4-3-5-7-14/h2-7,10,13,16-17,20H,1,8-9,11-12H2,(H,22,26)(H,23,25). The van der Waals surface area contributed by atoms with E-state index in [1.165, 1.54) is 16.4 Å². The lowest BCUT2D eigenvalue weighted by atomic mass is 10.1. The van der Waals surface area contributed by atoms with Gasteiger partial charge in [0.15, 0.2) is 0 Å². The first kappa shape index (κ1) is 20.4. The van der Waals surface area contributed by atoms with Crippen LogP contribution in [0.5, 0.6) is 0 Å². The zero-order valence-electron chi connectivity index (χ0n) is 16.3. The molecule has 2 N–H and O–H groups in total. The Bertz CT molecular complexity index is 1050. The van der Waals surface area contributed by atoms with Crippen molar-refractivity contribution in [3.63, 3.8) is 0 Å². The maximum Gasteiger partial charge on any atom is 0.276 e. The molecule has 1 aromatic heterocycles. The molecular weight excluding hydrogens is 406 g/mol. The first-order valence-corrected chi connectivity index (χ1v) is 11.2. The molecule has 2 atom stereocenters. The summed E-state index contributed by atoms with van der Waals surface area (Å²) in [4.78, 5) is 23.7. The topological polar surface area (TPSA) is 109 Å². The third-order valence-electron chi connectivity index (χ3n) is 5.63. The SMILES string of the molecule is C=CC(=O)NC1C2CN(S(=O)(=O)c3cc(C(=O)NCCc4ccccc4)co3)CC21. The number of nitrogens with zero attached hydrogens (tertiary/aromatic N) is 1. The molecular formula is C21H23N3O5S. The van der Waals surface area contributed by atoms with Crippen LogP contribution in [0.2, 0.25) is 0 Å². The zero-order chi connectivity index (χ0) is 21.3. The van der Waals surface area contributed by atoms with Gasteiger partial charge >= 0.3 is 0 Å². The van der Waals surface area contributed by atoms with Gasteiger partial charge in [0.25, 0.3) is 15.9 Å². The number of amides is 2. The van der Waals surface area contributed by atoms with Gasteiger partial charge in [-0.25, -0.2) is 8.42 Å². The monoisotopic (exact) mass is 429 g/mol. The molecule has 158 valence electrons. The average molecular weight is 429 g/mol. The van der Waals surface area contributed by atoms with Crippen LogP contribution in [0.25, 0.3) is 0 Å². The highest BCUT2D eigenvalue weighted by Crippen LogP contribution is 2.47. The fraction of sp³-hybridized carbons (Fsp3) is 0.333. The normalized spacial score (nSPS) is 22.9. The number of furan rings is 1. The summed E-state index contributed by atoms with van der Waals surface area (Å²) in [5.74, 6) is -0.441. The van der Waals surface area contributed by atoms with Gasteiger partial charge < -0.3 is 15.1 Å². The van der Waals surface area contributed by atoms with Crippen molar-refractivity contribution < 1.29 is 22.4 Å². The van der Waals surface area contributed by atoms with Gasteiger partial charge in [0, 0.05) is 31.7 Å². The van der Waals surface area contributed by atoms with Crippen LogP contribution in [-0.2, 0) is 21.2 Å². The molecule has 0 bridgehead atoms. The smallest absolute Gasteiger partial charge is 0.276 e. The molecule has 0 radical (unpaired) electrons. The number of piperidine rings is 1. The average Bonchev–Trinajstić information content (AvgIpc) is 3.16. The van der Waals surface area contributed by atoms with E-state index in [1.54, 1.807) is 0 Å². The molecule has 4 rings (SSSR count). The van der Waals surface area contributed by atoms with E-state index in [2.05, 4.69) is 17.2 Å². The highest BCUT2D eigenvalue weighted by molar-refractivity contribution is 7.89. The summed E-state index contributed by atoms with van der Waals surface area (Å²) >= 11 is 0. The Hall–Kier alpha value is -2.91. The van der Waals surface area contributed by atoms with Gasteiger partial charge in [-0.15, -0.1) is 0 Å². The second-order valence-electron chi connectivity index (χ2n) is 7.53. The Morgan fingerprint density at radius 1 is 1.20 bits per heavy atom. The molecule has 30 heavy (non-hydrogen) atoms. The van der Waals surface area contributed by atoms with Crippen LogP contribution in [-0.4, -0.2) is 50.2 Å². The highest BCUT2D eigenvalue weighted by atomic mass is 32.2. The molecule has 2 heterocycles. The van der Waals surface area contributed by atoms with Gasteiger partial charge in [-0.05, 0) is 29.9 Å². The number of nitrogens with one attached hydrogen (secondary N) is 2. The molecule has 2 unspecified atom stereocenters. The van der Waals surface area contributed by atoms with Gasteiger partial charge in [0.1, 0.15) is 6.26 Å². The summed E-state index contributed by atoms with van der Waals surface area (Å²) in [6, 6.07) is 11.0. The summed E-state index contributed by atoms with van der Waals surface area (Å²) in [5.41, 5.74) is 1.27. The van der Waals surface area contributed by atoms with E-state index in [-0.39, 0.29) is 40.3 Å². The van der Waals surface area contributed by atoms with Crippen molar-refractivity contribution in [2.75, 3.05) is 19.6 Å². The van der Waals surface area contributed by atoms with Crippen molar-refractivity contribution in [2.45, 2.75) is 17.6 Å². The van der Waals surface area contributed by atoms with E-state index < -0.39 is 10.0 Å². The Morgan fingerprint density at radius 2 is 1.90 bits per heavy atom. The first-order chi connectivity index (χ1) is 14.4. The number of benzene rings is 1. The van der Waals surface area contributed by atoms with E-state index in [9.17, 15) is 18.0 Å². The number of carbonyl (C=O) groups is 2. The molecule has 0 spiro atoms. The fourth-order valence-electron chi connectivity index (χ4n) is 3.89. The summed E-state index contributed by atoms with van der Waals surface area (Å²) in [6.45, 7) is 4.48. The number of sulfonamides is 1. The molecule has 2 aromatic rings. The van der Waals surface area contributed by atoms with Crippen LogP contribution in [0.15, 0.2) is 64.8 Å². The molecule has 2 fully saturated rings. The molecule has 1 aliphatic carbocycles. The number of fused-ring (bicyclic) bond motifs is 1. The molecule has 2 aliphatic rings. The summed E-state index contributed by atoms with van der Waals surface area (Å²) < 4.78 is 32.2. The summed E-state index contributed by atoms with van der Waals surface area (Å²) in [7, 11) is -3.82. The number of carbonyl (C=O) groups excluding carboxylic acids is 2. The van der Waals surface area contributed by atoms with Crippen LogP contribution < -0.4 is 10.6 Å². The van der Waals surface area contributed by atoms with Gasteiger partial charge in [-0.1, -0.05) is 36.9 Å². The van der Waals surface area contributed by atoms with E-state index in [1.807, 2.05) is 30.3 Å². The molecule has 8 nitrogen and oxygen atoms in total. The van der Waals surface area contributed by atoms with Crippen molar-refractivity contribution in [3.05, 3.63) is 66.4 Å². The summed E-state index contributed by atoms with van der Waals surface area (Å²) in [6.07, 6.45) is 3.04. The van der Waals surface area contributed by atoms with E-state index in [0.29, 0.717) is 26.1 Å². The third kappa shape index (κ3) is 4.03. The molecule has 1 saturated carbocycles. The Labute approximate surface area is 175 Å². The van der Waals surface area contributed by atoms with Crippen LogP contribution in [0.1, 0.15) is 15.9 Å². The van der Waals surface area contributed by atoms with E-state index in [4.69, 9.17) is 4.42 Å². The van der Waals surface area contributed by atoms with Crippen LogP contribution in [0.4, 0.5) is 0 Å². The van der Waals surface area contributed by atoms with Gasteiger partial charge in [-0.2, -0.15) is 4.31 Å². The predicted molar refractivity (Wildman–Crippen MR) is 109 cm³/mol. The Morgan fingerprint density at radius 3 is 2.57 bits per heavy atom. The maximum atomic E-state index is 12.8. The third-order valence-corrected chi connectivity index (χ3v) is 7.33. The van der Waals surface area contributed by atoms with Crippen molar-refractivity contribution in [2.24, 2.45) is 11.8 Å². The lowest BCUT2D eigenvalue weighted by molar-refractivity contribution is -0.116. The number of hydrogen-bond acceptors (Lipinski definition) is 5. The van der Waals surface area contributed by atoms with Crippen molar-refractivity contribution in [3.8, 4) is 0 Å². The second-order valence-corrected chi connectivity index (χ2v) is 9.40. The van der Waals surface area contributed by atoms with Crippen molar-refractivity contribution >= 4 is 21.8 Å². The lowest BCUT2D eigenvalue weighted by Gasteiger charge is -2.18. The zero-order valence-corrected chi connectivity index (χ0v) is 17.1. The maximum absolute atomic E-state index is 12.8. The minimum absolute atomic E-state index is 0.00972. The minimum atomic E-state index is -3.82. The molecule has 9 heteroatoms. The molecule has 1 aromatic carbocycles. The Balaban J connectivity index is 1.31. The number of rotatable bonds is 8. The van der Waals surface area contributed by atoms with Gasteiger partial charge in [0.2, 0.25) is 11.0 Å². The Kier molecular flexibility index (Phi) is 5.48. The molecule has 1 saturated heterocycles. The summed E-state index contributed by atoms with van der Waals surface area (Å²) in [5, 5.41) is 5.34.